The van der Waals surface area contributed by atoms with Gasteiger partial charge in [-0.15, -0.1) is 0 Å². The van der Waals surface area contributed by atoms with Crippen molar-refractivity contribution in [3.63, 3.8) is 0 Å². The van der Waals surface area contributed by atoms with Gasteiger partial charge in [-0.05, 0) is 12.1 Å². The van der Waals surface area contributed by atoms with E-state index in [4.69, 9.17) is 15.6 Å². The van der Waals surface area contributed by atoms with E-state index in [9.17, 15) is 8.78 Å². The molecule has 3 nitrogen and oxygen atoms in total. The van der Waals surface area contributed by atoms with Crippen LogP contribution in [0.4, 0.5) is 14.5 Å². The smallest absolute Gasteiger partial charge is 0.150 e. The summed E-state index contributed by atoms with van der Waals surface area (Å²) in [5.74, 6) is -0.480. The lowest BCUT2D eigenvalue weighted by molar-refractivity contribution is 0.0935. The van der Waals surface area contributed by atoms with Crippen LogP contribution < -0.4 is 10.5 Å². The summed E-state index contributed by atoms with van der Waals surface area (Å²) in [5, 5.41) is 8.65. The maximum Gasteiger partial charge on any atom is 0.150 e. The van der Waals surface area contributed by atoms with Crippen LogP contribution >= 0.6 is 0 Å². The van der Waals surface area contributed by atoms with Crippen molar-refractivity contribution < 1.29 is 18.6 Å². The standard InChI is InChI=1S/C9H11F2NO2/c10-4-7(5-13)14-9-3-6(11)1-2-8(9)12/h1-3,7,13H,4-5,12H2. The maximum absolute atomic E-state index is 12.7. The number of ether oxygens (including phenoxy) is 1. The Kier molecular flexibility index (Phi) is 3.64. The quantitative estimate of drug-likeness (QED) is 0.721. The van der Waals surface area contributed by atoms with Gasteiger partial charge in [0.2, 0.25) is 0 Å². The third-order valence-corrected chi connectivity index (χ3v) is 1.64. The monoisotopic (exact) mass is 203 g/mol. The molecule has 0 bridgehead atoms. The Morgan fingerprint density at radius 2 is 2.21 bits per heavy atom. The Morgan fingerprint density at radius 1 is 1.50 bits per heavy atom. The van der Waals surface area contributed by atoms with E-state index in [2.05, 4.69) is 0 Å². The molecule has 1 aromatic rings. The van der Waals surface area contributed by atoms with E-state index in [1.807, 2.05) is 0 Å². The average molecular weight is 203 g/mol. The van der Waals surface area contributed by atoms with Gasteiger partial charge in [0.1, 0.15) is 24.3 Å². The molecule has 0 fully saturated rings. The highest BCUT2D eigenvalue weighted by molar-refractivity contribution is 5.52. The zero-order valence-corrected chi connectivity index (χ0v) is 7.41. The summed E-state index contributed by atoms with van der Waals surface area (Å²) in [4.78, 5) is 0. The van der Waals surface area contributed by atoms with Crippen molar-refractivity contribution in [3.8, 4) is 5.75 Å². The Labute approximate surface area is 80.1 Å². The molecule has 1 unspecified atom stereocenters. The van der Waals surface area contributed by atoms with Crippen LogP contribution in [-0.4, -0.2) is 24.5 Å². The van der Waals surface area contributed by atoms with Gasteiger partial charge in [0.25, 0.3) is 0 Å². The molecule has 0 aromatic heterocycles. The summed E-state index contributed by atoms with van der Waals surface area (Å²) in [7, 11) is 0. The Morgan fingerprint density at radius 3 is 2.79 bits per heavy atom. The topological polar surface area (TPSA) is 55.5 Å². The van der Waals surface area contributed by atoms with Crippen molar-refractivity contribution >= 4 is 5.69 Å². The molecule has 0 spiro atoms. The second kappa shape index (κ2) is 4.76. The lowest BCUT2D eigenvalue weighted by Gasteiger charge is -2.14. The molecule has 0 amide bonds. The van der Waals surface area contributed by atoms with Crippen molar-refractivity contribution in [2.75, 3.05) is 19.0 Å². The van der Waals surface area contributed by atoms with E-state index in [1.165, 1.54) is 12.1 Å². The number of hydrogen-bond acceptors (Lipinski definition) is 3. The van der Waals surface area contributed by atoms with E-state index >= 15 is 0 Å². The molecule has 78 valence electrons. The van der Waals surface area contributed by atoms with Gasteiger partial charge in [0.15, 0.2) is 0 Å². The van der Waals surface area contributed by atoms with Gasteiger partial charge in [-0.3, -0.25) is 0 Å². The SMILES string of the molecule is Nc1ccc(F)cc1OC(CO)CF. The zero-order chi connectivity index (χ0) is 10.6. The van der Waals surface area contributed by atoms with Crippen molar-refractivity contribution in [2.24, 2.45) is 0 Å². The summed E-state index contributed by atoms with van der Waals surface area (Å²) in [6.45, 7) is -1.33. The number of nitrogens with two attached hydrogens (primary N) is 1. The van der Waals surface area contributed by atoms with Crippen molar-refractivity contribution in [1.82, 2.24) is 0 Å². The highest BCUT2D eigenvalue weighted by Crippen LogP contribution is 2.23. The van der Waals surface area contributed by atoms with Gasteiger partial charge in [-0.2, -0.15) is 0 Å². The number of hydrogen-bond donors (Lipinski definition) is 2. The molecule has 0 aliphatic carbocycles. The fourth-order valence-corrected chi connectivity index (χ4v) is 0.907. The number of aliphatic hydroxyl groups excluding tert-OH is 1. The van der Waals surface area contributed by atoms with Crippen LogP contribution in [0.3, 0.4) is 0 Å². The number of aliphatic hydroxyl groups is 1. The van der Waals surface area contributed by atoms with Crippen LogP contribution in [0.5, 0.6) is 5.75 Å². The number of anilines is 1. The number of halogens is 2. The fraction of sp³-hybridized carbons (Fsp3) is 0.333. The van der Waals surface area contributed by atoms with Gasteiger partial charge < -0.3 is 15.6 Å². The van der Waals surface area contributed by atoms with Crippen molar-refractivity contribution in [1.29, 1.82) is 0 Å². The highest BCUT2D eigenvalue weighted by Gasteiger charge is 2.11. The van der Waals surface area contributed by atoms with Gasteiger partial charge in [0, 0.05) is 6.07 Å². The third kappa shape index (κ3) is 2.56. The molecule has 1 atom stereocenters. The Hall–Kier alpha value is -1.36. The number of rotatable bonds is 4. The van der Waals surface area contributed by atoms with E-state index < -0.39 is 25.2 Å². The molecule has 0 aliphatic heterocycles. The van der Waals surface area contributed by atoms with E-state index in [-0.39, 0.29) is 11.4 Å². The predicted octanol–water partition coefficient (Wildman–Crippen LogP) is 1.12. The summed E-state index contributed by atoms with van der Waals surface area (Å²) < 4.78 is 29.8. The van der Waals surface area contributed by atoms with Gasteiger partial charge in [-0.25, -0.2) is 8.78 Å². The molecule has 14 heavy (non-hydrogen) atoms. The second-order valence-corrected chi connectivity index (χ2v) is 2.76. The molecule has 0 heterocycles. The first-order valence-electron chi connectivity index (χ1n) is 4.06. The summed E-state index contributed by atoms with van der Waals surface area (Å²) >= 11 is 0. The van der Waals surface area contributed by atoms with Crippen LogP contribution in [0, 0.1) is 5.82 Å². The lowest BCUT2D eigenvalue weighted by atomic mass is 10.3. The van der Waals surface area contributed by atoms with Crippen LogP contribution in [0.15, 0.2) is 18.2 Å². The first-order chi connectivity index (χ1) is 6.67. The largest absolute Gasteiger partial charge is 0.483 e. The summed E-state index contributed by atoms with van der Waals surface area (Å²) in [5.41, 5.74) is 5.66. The van der Waals surface area contributed by atoms with E-state index in [0.29, 0.717) is 0 Å². The molecule has 3 N–H and O–H groups in total. The van der Waals surface area contributed by atoms with Crippen molar-refractivity contribution in [2.45, 2.75) is 6.10 Å². The average Bonchev–Trinajstić information content (AvgIpc) is 2.19. The first-order valence-corrected chi connectivity index (χ1v) is 4.06. The van der Waals surface area contributed by atoms with Crippen LogP contribution in [0.25, 0.3) is 0 Å². The molecule has 0 saturated heterocycles. The minimum absolute atomic E-state index is 0.0432. The Balaban J connectivity index is 2.79. The molecular formula is C9H11F2NO2. The molecule has 1 rings (SSSR count). The first kappa shape index (κ1) is 10.7. The molecule has 0 saturated carbocycles. The van der Waals surface area contributed by atoms with Crippen molar-refractivity contribution in [3.05, 3.63) is 24.0 Å². The Bertz CT molecular complexity index is 303. The van der Waals surface area contributed by atoms with E-state index in [0.717, 1.165) is 6.07 Å². The zero-order valence-electron chi connectivity index (χ0n) is 7.41. The van der Waals surface area contributed by atoms with Crippen LogP contribution in [-0.2, 0) is 0 Å². The number of nitrogen functional groups attached to an aromatic ring is 1. The summed E-state index contributed by atoms with van der Waals surface area (Å²) in [6, 6.07) is 3.54. The lowest BCUT2D eigenvalue weighted by Crippen LogP contribution is -2.23. The molecule has 5 heteroatoms. The summed E-state index contributed by atoms with van der Waals surface area (Å²) in [6.07, 6.45) is -1.00. The predicted molar refractivity (Wildman–Crippen MR) is 48.3 cm³/mol. The normalized spacial score (nSPS) is 12.5. The maximum atomic E-state index is 12.7. The molecule has 0 aliphatic rings. The molecular weight excluding hydrogens is 192 g/mol. The van der Waals surface area contributed by atoms with Gasteiger partial charge >= 0.3 is 0 Å². The minimum Gasteiger partial charge on any atom is -0.483 e. The molecule has 1 aromatic carbocycles. The molecule has 0 radical (unpaired) electrons. The van der Waals surface area contributed by atoms with Crippen LogP contribution in [0.1, 0.15) is 0 Å². The number of alkyl halides is 1. The van der Waals surface area contributed by atoms with Gasteiger partial charge in [-0.1, -0.05) is 0 Å². The third-order valence-electron chi connectivity index (χ3n) is 1.64. The minimum atomic E-state index is -1.00. The highest BCUT2D eigenvalue weighted by atomic mass is 19.1. The second-order valence-electron chi connectivity index (χ2n) is 2.76. The number of benzene rings is 1. The fourth-order valence-electron chi connectivity index (χ4n) is 0.907. The van der Waals surface area contributed by atoms with E-state index in [1.54, 1.807) is 0 Å². The van der Waals surface area contributed by atoms with Gasteiger partial charge in [0.05, 0.1) is 12.3 Å². The van der Waals surface area contributed by atoms with Crippen LogP contribution in [0.2, 0.25) is 0 Å².